The summed E-state index contributed by atoms with van der Waals surface area (Å²) < 4.78 is 32.0. The van der Waals surface area contributed by atoms with E-state index < -0.39 is 18.0 Å². The van der Waals surface area contributed by atoms with Crippen LogP contribution in [0, 0.1) is 18.3 Å². The number of carbonyl (C=O) groups excluding carboxylic acids is 3. The smallest absolute Gasteiger partial charge is 0.271 e. The number of alkyl halides is 2. The third-order valence-electron chi connectivity index (χ3n) is 7.33. The zero-order chi connectivity index (χ0) is 33.5. The van der Waals surface area contributed by atoms with Gasteiger partial charge in [-0.15, -0.1) is 0 Å². The van der Waals surface area contributed by atoms with E-state index in [1.54, 1.807) is 25.3 Å². The quantitative estimate of drug-likeness (QED) is 0.175. The number of dihydropyridines is 1. The van der Waals surface area contributed by atoms with Gasteiger partial charge >= 0.3 is 0 Å². The molecule has 1 aromatic heterocycles. The molecule has 4 rings (SSSR count). The molecule has 2 heterocycles. The number of nitrogens with two attached hydrogens (primary N) is 1. The number of hydrogen-bond acceptors (Lipinski definition) is 8. The highest BCUT2D eigenvalue weighted by molar-refractivity contribution is 6.45. The monoisotopic (exact) mass is 634 g/mol. The van der Waals surface area contributed by atoms with E-state index in [9.17, 15) is 23.2 Å². The number of amides is 3. The first-order chi connectivity index (χ1) is 21.9. The van der Waals surface area contributed by atoms with E-state index in [2.05, 4.69) is 25.9 Å². The molecule has 14 heteroatoms. The largest absolute Gasteiger partial charge is 0.494 e. The van der Waals surface area contributed by atoms with E-state index in [1.807, 2.05) is 13.0 Å². The number of rotatable bonds is 12. The maximum Gasteiger partial charge on any atom is 0.271 e. The van der Waals surface area contributed by atoms with E-state index in [0.29, 0.717) is 28.4 Å². The molecule has 1 fully saturated rings. The van der Waals surface area contributed by atoms with Crippen molar-refractivity contribution in [2.24, 2.45) is 16.6 Å². The number of carbonyl (C=O) groups is 3. The Labute approximate surface area is 265 Å². The first kappa shape index (κ1) is 33.5. The minimum absolute atomic E-state index is 0.00237. The molecule has 0 radical (unpaired) electrons. The van der Waals surface area contributed by atoms with Gasteiger partial charge in [-0.25, -0.2) is 8.78 Å². The van der Waals surface area contributed by atoms with Gasteiger partial charge in [0.15, 0.2) is 0 Å². The van der Waals surface area contributed by atoms with Gasteiger partial charge in [-0.05, 0) is 55.2 Å². The molecule has 2 aromatic rings. The second-order valence-corrected chi connectivity index (χ2v) is 10.8. The summed E-state index contributed by atoms with van der Waals surface area (Å²) in [5.74, 6) is -1.27. The predicted molar refractivity (Wildman–Crippen MR) is 170 cm³/mol. The van der Waals surface area contributed by atoms with Gasteiger partial charge in [0.1, 0.15) is 23.0 Å². The molecule has 1 aliphatic carbocycles. The minimum atomic E-state index is -2.64. The molecule has 46 heavy (non-hydrogen) atoms. The van der Waals surface area contributed by atoms with Gasteiger partial charge in [0.2, 0.25) is 0 Å². The number of halogens is 2. The standard InChI is InChI=1S/C32H36F2N8O4/c1-17-5-9-22(40-24(27(36)31(44)37-2)14-25(35)41-30(43)18-6-7-18)28(46-4)26(17)20-8-10-23(39-15-20)32(45)42(3)16-21-13-19(29(33)34)11-12-38-21/h5,8-14,18,29,36,39-40H,6-7,15-16H2,1-4H3,(H,37,44)(H2,35,41,43)/b24-14+,36-27?. The summed E-state index contributed by atoms with van der Waals surface area (Å²) in [6.07, 6.45) is 4.82. The second kappa shape index (κ2) is 14.6. The van der Waals surface area contributed by atoms with Crippen LogP contribution in [0.1, 0.15) is 41.7 Å². The molecule has 0 unspecified atom stereocenters. The first-order valence-electron chi connectivity index (χ1n) is 14.4. The van der Waals surface area contributed by atoms with Crippen LogP contribution in [0.4, 0.5) is 14.5 Å². The molecule has 242 valence electrons. The third-order valence-corrected chi connectivity index (χ3v) is 7.33. The lowest BCUT2D eigenvalue weighted by atomic mass is 9.96. The number of amidine groups is 1. The average molecular weight is 635 g/mol. The Hall–Kier alpha value is -5.40. The Balaban J connectivity index is 1.60. The number of aryl methyl sites for hydroxylation is 1. The molecular weight excluding hydrogens is 598 g/mol. The molecule has 3 amide bonds. The average Bonchev–Trinajstić information content (AvgIpc) is 3.90. The summed E-state index contributed by atoms with van der Waals surface area (Å²) in [6, 6.07) is 6.06. The summed E-state index contributed by atoms with van der Waals surface area (Å²) in [5, 5.41) is 17.0. The number of benzene rings is 1. The Morgan fingerprint density at radius 1 is 1.26 bits per heavy atom. The Morgan fingerprint density at radius 3 is 2.61 bits per heavy atom. The number of aliphatic imine (C=N–C) groups is 1. The van der Waals surface area contributed by atoms with Crippen molar-refractivity contribution in [1.29, 1.82) is 5.41 Å². The highest BCUT2D eigenvalue weighted by Crippen LogP contribution is 2.38. The highest BCUT2D eigenvalue weighted by atomic mass is 19.3. The van der Waals surface area contributed by atoms with Gasteiger partial charge in [0.25, 0.3) is 24.1 Å². The first-order valence-corrected chi connectivity index (χ1v) is 14.4. The predicted octanol–water partition coefficient (Wildman–Crippen LogP) is 3.22. The molecule has 12 nitrogen and oxygen atoms in total. The fourth-order valence-corrected chi connectivity index (χ4v) is 4.73. The van der Waals surface area contributed by atoms with Crippen LogP contribution < -0.4 is 26.4 Å². The fourth-order valence-electron chi connectivity index (χ4n) is 4.73. The number of hydrogen-bond donors (Lipinski definition) is 5. The summed E-state index contributed by atoms with van der Waals surface area (Å²) in [5.41, 5.74) is 8.80. The lowest BCUT2D eigenvalue weighted by Crippen LogP contribution is -2.35. The van der Waals surface area contributed by atoms with Crippen molar-refractivity contribution in [2.75, 3.05) is 33.1 Å². The summed E-state index contributed by atoms with van der Waals surface area (Å²) in [7, 11) is 4.43. The van der Waals surface area contributed by atoms with Gasteiger partial charge < -0.3 is 31.3 Å². The molecule has 0 atom stereocenters. The number of pyridine rings is 1. The zero-order valence-corrected chi connectivity index (χ0v) is 25.9. The van der Waals surface area contributed by atoms with Crippen LogP contribution in [0.15, 0.2) is 65.1 Å². The van der Waals surface area contributed by atoms with Crippen LogP contribution in [-0.2, 0) is 20.9 Å². The van der Waals surface area contributed by atoms with E-state index in [0.717, 1.165) is 24.0 Å². The molecule has 0 bridgehead atoms. The van der Waals surface area contributed by atoms with Crippen LogP contribution in [0.2, 0.25) is 0 Å². The van der Waals surface area contributed by atoms with Crippen molar-refractivity contribution < 1.29 is 27.9 Å². The molecular formula is C32H36F2N8O4. The van der Waals surface area contributed by atoms with Gasteiger partial charge in [-0.3, -0.25) is 24.8 Å². The number of methoxy groups -OCH3 is 1. The number of likely N-dealkylation sites (N-methyl/N-ethyl adjacent to an activating group) is 1. The Morgan fingerprint density at radius 2 is 2.00 bits per heavy atom. The number of anilines is 1. The summed E-state index contributed by atoms with van der Waals surface area (Å²) in [4.78, 5) is 47.0. The highest BCUT2D eigenvalue weighted by Gasteiger charge is 2.29. The Bertz CT molecular complexity index is 1680. The van der Waals surface area contributed by atoms with Crippen molar-refractivity contribution in [2.45, 2.75) is 32.7 Å². The Kier molecular flexibility index (Phi) is 10.6. The van der Waals surface area contributed by atoms with Crippen LogP contribution in [0.5, 0.6) is 5.75 Å². The molecule has 1 aliphatic heterocycles. The molecule has 2 aliphatic rings. The van der Waals surface area contributed by atoms with Gasteiger partial charge in [0.05, 0.1) is 30.7 Å². The molecule has 6 N–H and O–H groups in total. The van der Waals surface area contributed by atoms with Crippen LogP contribution >= 0.6 is 0 Å². The molecule has 0 spiro atoms. The van der Waals surface area contributed by atoms with E-state index in [1.165, 1.54) is 43.5 Å². The van der Waals surface area contributed by atoms with Gasteiger partial charge in [-0.1, -0.05) is 12.1 Å². The summed E-state index contributed by atoms with van der Waals surface area (Å²) >= 11 is 0. The van der Waals surface area contributed by atoms with Gasteiger partial charge in [-0.2, -0.15) is 4.99 Å². The number of ether oxygens (including phenoxy) is 1. The van der Waals surface area contributed by atoms with Crippen molar-refractivity contribution in [3.05, 3.63) is 82.5 Å². The van der Waals surface area contributed by atoms with E-state index in [-0.39, 0.29) is 47.9 Å². The van der Waals surface area contributed by atoms with Crippen molar-refractivity contribution in [3.8, 4) is 5.75 Å². The van der Waals surface area contributed by atoms with Crippen LogP contribution in [0.3, 0.4) is 0 Å². The SMILES string of the molecule is CNC(=O)C(=N)/C(=C\C(N)=NC(=O)C1CC1)Nc1ccc(C)c(C2=CC=C(C(=O)N(C)Cc3cc(C(F)F)ccn3)NC2)c1OC. The molecule has 1 aromatic carbocycles. The number of aromatic nitrogens is 1. The topological polar surface area (TPSA) is 175 Å². The molecule has 0 saturated heterocycles. The van der Waals surface area contributed by atoms with E-state index in [4.69, 9.17) is 15.9 Å². The van der Waals surface area contributed by atoms with E-state index >= 15 is 0 Å². The van der Waals surface area contributed by atoms with Crippen molar-refractivity contribution in [3.63, 3.8) is 0 Å². The molecule has 1 saturated carbocycles. The number of nitrogens with zero attached hydrogens (tertiary/aromatic N) is 3. The fraction of sp³-hybridized carbons (Fsp3) is 0.312. The normalized spacial score (nSPS) is 14.9. The van der Waals surface area contributed by atoms with Crippen molar-refractivity contribution in [1.82, 2.24) is 20.5 Å². The third kappa shape index (κ3) is 8.00. The maximum absolute atomic E-state index is 13.1. The number of allylic oxidation sites excluding steroid dienone is 2. The maximum atomic E-state index is 13.1. The minimum Gasteiger partial charge on any atom is -0.494 e. The second-order valence-electron chi connectivity index (χ2n) is 10.8. The van der Waals surface area contributed by atoms with Crippen LogP contribution in [-0.4, -0.2) is 66.9 Å². The van der Waals surface area contributed by atoms with Crippen LogP contribution in [0.25, 0.3) is 5.57 Å². The lowest BCUT2D eigenvalue weighted by Gasteiger charge is -2.25. The zero-order valence-electron chi connectivity index (χ0n) is 25.9. The summed E-state index contributed by atoms with van der Waals surface area (Å²) in [6.45, 7) is 2.18. The van der Waals surface area contributed by atoms with Gasteiger partial charge in [0, 0.05) is 50.0 Å². The lowest BCUT2D eigenvalue weighted by molar-refractivity contribution is -0.126. The van der Waals surface area contributed by atoms with Crippen molar-refractivity contribution >= 4 is 40.5 Å². The number of nitrogens with one attached hydrogen (secondary N) is 4.